The van der Waals surface area contributed by atoms with Gasteiger partial charge < -0.3 is 20.4 Å². The summed E-state index contributed by atoms with van der Waals surface area (Å²) in [5.41, 5.74) is 0.419. The molecular weight excluding hydrogens is 270 g/mol. The SMILES string of the molecule is CC(NC(=O)c1ccoc1)C(=O)NCCC1CCCNC1. The Morgan fingerprint density at radius 1 is 1.52 bits per heavy atom. The number of rotatable bonds is 6. The molecule has 1 aliphatic rings. The van der Waals surface area contributed by atoms with E-state index in [2.05, 4.69) is 16.0 Å². The van der Waals surface area contributed by atoms with Crippen molar-refractivity contribution in [2.45, 2.75) is 32.2 Å². The van der Waals surface area contributed by atoms with Gasteiger partial charge in [0, 0.05) is 6.54 Å². The van der Waals surface area contributed by atoms with E-state index in [9.17, 15) is 9.59 Å². The lowest BCUT2D eigenvalue weighted by Crippen LogP contribution is -2.45. The van der Waals surface area contributed by atoms with Gasteiger partial charge in [0.25, 0.3) is 5.91 Å². The third-order valence-electron chi connectivity index (χ3n) is 3.78. The molecule has 116 valence electrons. The molecule has 6 heteroatoms. The number of amides is 2. The van der Waals surface area contributed by atoms with Crippen LogP contribution in [0.25, 0.3) is 0 Å². The maximum Gasteiger partial charge on any atom is 0.255 e. The van der Waals surface area contributed by atoms with E-state index in [-0.39, 0.29) is 11.8 Å². The lowest BCUT2D eigenvalue weighted by Gasteiger charge is -2.23. The van der Waals surface area contributed by atoms with E-state index < -0.39 is 6.04 Å². The molecule has 0 saturated carbocycles. The summed E-state index contributed by atoms with van der Waals surface area (Å²) >= 11 is 0. The molecule has 2 heterocycles. The van der Waals surface area contributed by atoms with Crippen LogP contribution in [0.15, 0.2) is 23.0 Å². The maximum atomic E-state index is 11.9. The average Bonchev–Trinajstić information content (AvgIpc) is 3.02. The smallest absolute Gasteiger partial charge is 0.255 e. The van der Waals surface area contributed by atoms with Gasteiger partial charge in [-0.2, -0.15) is 0 Å². The van der Waals surface area contributed by atoms with Crippen molar-refractivity contribution >= 4 is 11.8 Å². The molecule has 0 aromatic carbocycles. The second-order valence-corrected chi connectivity index (χ2v) is 5.50. The molecule has 1 aliphatic heterocycles. The number of hydrogen-bond donors (Lipinski definition) is 3. The largest absolute Gasteiger partial charge is 0.472 e. The van der Waals surface area contributed by atoms with Crippen LogP contribution in [-0.4, -0.2) is 37.5 Å². The van der Waals surface area contributed by atoms with E-state index in [1.54, 1.807) is 13.0 Å². The van der Waals surface area contributed by atoms with Crippen LogP contribution in [0.2, 0.25) is 0 Å². The van der Waals surface area contributed by atoms with Crippen molar-refractivity contribution in [3.05, 3.63) is 24.2 Å². The van der Waals surface area contributed by atoms with Crippen molar-refractivity contribution < 1.29 is 14.0 Å². The summed E-state index contributed by atoms with van der Waals surface area (Å²) in [6.07, 6.45) is 6.18. The number of piperidine rings is 1. The first kappa shape index (κ1) is 15.6. The maximum absolute atomic E-state index is 11.9. The summed E-state index contributed by atoms with van der Waals surface area (Å²) in [4.78, 5) is 23.7. The number of carbonyl (C=O) groups is 2. The van der Waals surface area contributed by atoms with Gasteiger partial charge in [-0.15, -0.1) is 0 Å². The molecule has 0 aliphatic carbocycles. The third kappa shape index (κ3) is 4.90. The number of furan rings is 1. The lowest BCUT2D eigenvalue weighted by atomic mass is 9.96. The Kier molecular flexibility index (Phi) is 5.80. The molecule has 6 nitrogen and oxygen atoms in total. The standard InChI is InChI=1S/C15H23N3O3/c1-11(18-15(20)13-5-8-21-10-13)14(19)17-7-4-12-3-2-6-16-9-12/h5,8,10-12,16H,2-4,6-7,9H2,1H3,(H,17,19)(H,18,20). The summed E-state index contributed by atoms with van der Waals surface area (Å²) in [5.74, 6) is 0.174. The van der Waals surface area contributed by atoms with Gasteiger partial charge in [0.15, 0.2) is 0 Å². The van der Waals surface area contributed by atoms with Crippen molar-refractivity contribution in [3.63, 3.8) is 0 Å². The first-order valence-electron chi connectivity index (χ1n) is 7.48. The second-order valence-electron chi connectivity index (χ2n) is 5.50. The van der Waals surface area contributed by atoms with Crippen LogP contribution < -0.4 is 16.0 Å². The molecule has 1 aromatic rings. The Hall–Kier alpha value is -1.82. The Balaban J connectivity index is 1.66. The van der Waals surface area contributed by atoms with Gasteiger partial charge in [0.05, 0.1) is 11.8 Å². The van der Waals surface area contributed by atoms with Crippen LogP contribution in [0.4, 0.5) is 0 Å². The monoisotopic (exact) mass is 293 g/mol. The number of nitrogens with one attached hydrogen (secondary N) is 3. The van der Waals surface area contributed by atoms with Crippen molar-refractivity contribution in [2.75, 3.05) is 19.6 Å². The quantitative estimate of drug-likeness (QED) is 0.728. The van der Waals surface area contributed by atoms with Gasteiger partial charge in [-0.25, -0.2) is 0 Å². The summed E-state index contributed by atoms with van der Waals surface area (Å²) in [6.45, 7) is 4.45. The molecule has 3 N–H and O–H groups in total. The van der Waals surface area contributed by atoms with E-state index in [4.69, 9.17) is 4.42 Å². The minimum absolute atomic E-state index is 0.157. The predicted molar refractivity (Wildman–Crippen MR) is 78.9 cm³/mol. The van der Waals surface area contributed by atoms with E-state index in [1.165, 1.54) is 25.4 Å². The van der Waals surface area contributed by atoms with Gasteiger partial charge in [-0.1, -0.05) is 0 Å². The molecule has 21 heavy (non-hydrogen) atoms. The van der Waals surface area contributed by atoms with E-state index >= 15 is 0 Å². The highest BCUT2D eigenvalue weighted by Crippen LogP contribution is 2.12. The zero-order chi connectivity index (χ0) is 15.1. The van der Waals surface area contributed by atoms with E-state index in [1.807, 2.05) is 0 Å². The van der Waals surface area contributed by atoms with Crippen molar-refractivity contribution in [1.29, 1.82) is 0 Å². The molecule has 2 atom stereocenters. The zero-order valence-corrected chi connectivity index (χ0v) is 12.4. The Bertz CT molecular complexity index is 453. The first-order chi connectivity index (χ1) is 10.2. The normalized spacial score (nSPS) is 19.8. The number of hydrogen-bond acceptors (Lipinski definition) is 4. The van der Waals surface area contributed by atoms with Crippen molar-refractivity contribution in [3.8, 4) is 0 Å². The fourth-order valence-electron chi connectivity index (χ4n) is 2.46. The minimum atomic E-state index is -0.558. The highest BCUT2D eigenvalue weighted by molar-refractivity contribution is 5.97. The molecule has 0 spiro atoms. The molecule has 1 saturated heterocycles. The Morgan fingerprint density at radius 2 is 2.38 bits per heavy atom. The van der Waals surface area contributed by atoms with Crippen LogP contribution in [-0.2, 0) is 4.79 Å². The summed E-state index contributed by atoms with van der Waals surface area (Å²) in [6, 6.07) is 1.01. The van der Waals surface area contributed by atoms with Gasteiger partial charge in [0.2, 0.25) is 5.91 Å². The van der Waals surface area contributed by atoms with Crippen LogP contribution in [0.1, 0.15) is 36.5 Å². The van der Waals surface area contributed by atoms with Gasteiger partial charge in [-0.3, -0.25) is 9.59 Å². The van der Waals surface area contributed by atoms with Crippen molar-refractivity contribution in [1.82, 2.24) is 16.0 Å². The molecule has 0 bridgehead atoms. The highest BCUT2D eigenvalue weighted by Gasteiger charge is 2.18. The van der Waals surface area contributed by atoms with Crippen LogP contribution in [0, 0.1) is 5.92 Å². The molecule has 0 radical (unpaired) electrons. The first-order valence-corrected chi connectivity index (χ1v) is 7.48. The lowest BCUT2D eigenvalue weighted by molar-refractivity contribution is -0.122. The summed E-state index contributed by atoms with van der Waals surface area (Å²) < 4.78 is 4.84. The van der Waals surface area contributed by atoms with E-state index in [0.717, 1.165) is 19.5 Å². The molecule has 1 fully saturated rings. The predicted octanol–water partition coefficient (Wildman–Crippen LogP) is 0.904. The van der Waals surface area contributed by atoms with E-state index in [0.29, 0.717) is 18.0 Å². The molecule has 1 aromatic heterocycles. The zero-order valence-electron chi connectivity index (χ0n) is 12.4. The van der Waals surface area contributed by atoms with Gasteiger partial charge in [-0.05, 0) is 51.3 Å². The van der Waals surface area contributed by atoms with Gasteiger partial charge >= 0.3 is 0 Å². The highest BCUT2D eigenvalue weighted by atomic mass is 16.3. The number of carbonyl (C=O) groups excluding carboxylic acids is 2. The molecular formula is C15H23N3O3. The molecule has 2 rings (SSSR count). The van der Waals surface area contributed by atoms with Gasteiger partial charge in [0.1, 0.15) is 12.3 Å². The second kappa shape index (κ2) is 7.83. The third-order valence-corrected chi connectivity index (χ3v) is 3.78. The average molecular weight is 293 g/mol. The Morgan fingerprint density at radius 3 is 3.05 bits per heavy atom. The van der Waals surface area contributed by atoms with Crippen LogP contribution >= 0.6 is 0 Å². The minimum Gasteiger partial charge on any atom is -0.472 e. The van der Waals surface area contributed by atoms with Crippen LogP contribution in [0.3, 0.4) is 0 Å². The molecule has 2 amide bonds. The topological polar surface area (TPSA) is 83.4 Å². The molecule has 2 unspecified atom stereocenters. The fourth-order valence-corrected chi connectivity index (χ4v) is 2.46. The Labute approximate surface area is 124 Å². The summed E-state index contributed by atoms with van der Waals surface area (Å²) in [5, 5.41) is 8.88. The van der Waals surface area contributed by atoms with Crippen LogP contribution in [0.5, 0.6) is 0 Å². The summed E-state index contributed by atoms with van der Waals surface area (Å²) in [7, 11) is 0. The van der Waals surface area contributed by atoms with Crippen molar-refractivity contribution in [2.24, 2.45) is 5.92 Å². The fraction of sp³-hybridized carbons (Fsp3) is 0.600.